The summed E-state index contributed by atoms with van der Waals surface area (Å²) in [5, 5.41) is 14.4. The van der Waals surface area contributed by atoms with Crippen molar-refractivity contribution < 1.29 is 14.3 Å². The molecule has 1 aliphatic heterocycles. The van der Waals surface area contributed by atoms with Crippen LogP contribution in [0.4, 0.5) is 4.39 Å². The Morgan fingerprint density at radius 1 is 1.44 bits per heavy atom. The summed E-state index contributed by atoms with van der Waals surface area (Å²) in [6, 6.07) is 4.24. The summed E-state index contributed by atoms with van der Waals surface area (Å²) in [7, 11) is 0. The third-order valence-electron chi connectivity index (χ3n) is 4.46. The molecule has 6 nitrogen and oxygen atoms in total. The number of rotatable bonds is 3. The van der Waals surface area contributed by atoms with Crippen LogP contribution in [0.1, 0.15) is 35.3 Å². The lowest BCUT2D eigenvalue weighted by Gasteiger charge is -2.34. The molecule has 2 heterocycles. The number of likely N-dealkylation sites (tertiary alicyclic amines) is 1. The van der Waals surface area contributed by atoms with Gasteiger partial charge in [-0.1, -0.05) is 0 Å². The van der Waals surface area contributed by atoms with Crippen LogP contribution in [0.2, 0.25) is 0 Å². The summed E-state index contributed by atoms with van der Waals surface area (Å²) in [6.45, 7) is 2.75. The van der Waals surface area contributed by atoms with E-state index in [-0.39, 0.29) is 41.6 Å². The molecule has 1 aliphatic rings. The lowest BCUT2D eigenvalue weighted by Crippen LogP contribution is -2.47. The average molecular weight is 369 g/mol. The topological polar surface area (TPSA) is 84.4 Å². The Labute approximate surface area is 151 Å². The molecule has 0 radical (unpaired) electrons. The number of hydrogen-bond donors (Lipinski definition) is 2. The summed E-state index contributed by atoms with van der Waals surface area (Å²) in [5.41, 5.74) is 7.03. The Morgan fingerprint density at radius 3 is 2.88 bits per heavy atom. The Bertz CT molecular complexity index is 765. The molecule has 2 aromatic rings. The van der Waals surface area contributed by atoms with Crippen molar-refractivity contribution in [2.45, 2.75) is 32.2 Å². The van der Waals surface area contributed by atoms with E-state index in [1.807, 2.05) is 0 Å². The van der Waals surface area contributed by atoms with Gasteiger partial charge in [0.15, 0.2) is 11.4 Å². The SMILES string of the molecule is Cc1cc(F)ccc1-n1cc(O)c(C(=O)N2CCCCC2CN)n1.Cl. The molecule has 1 aromatic carbocycles. The predicted molar refractivity (Wildman–Crippen MR) is 94.9 cm³/mol. The second-order valence-corrected chi connectivity index (χ2v) is 6.12. The van der Waals surface area contributed by atoms with E-state index in [2.05, 4.69) is 5.10 Å². The van der Waals surface area contributed by atoms with Crippen LogP contribution in [-0.2, 0) is 0 Å². The first-order valence-electron chi connectivity index (χ1n) is 8.07. The third kappa shape index (κ3) is 3.77. The molecule has 1 saturated heterocycles. The molecule has 8 heteroatoms. The lowest BCUT2D eigenvalue weighted by molar-refractivity contribution is 0.0614. The molecule has 3 N–H and O–H groups in total. The molecular formula is C17H22ClFN4O2. The number of carbonyl (C=O) groups excluding carboxylic acids is 1. The number of hydrogen-bond acceptors (Lipinski definition) is 4. The molecule has 0 spiro atoms. The molecule has 3 rings (SSSR count). The molecule has 1 fully saturated rings. The number of amides is 1. The van der Waals surface area contributed by atoms with Gasteiger partial charge in [-0.05, 0) is 49.9 Å². The van der Waals surface area contributed by atoms with Crippen molar-refractivity contribution in [1.82, 2.24) is 14.7 Å². The third-order valence-corrected chi connectivity index (χ3v) is 4.46. The molecule has 1 amide bonds. The van der Waals surface area contributed by atoms with Gasteiger partial charge in [0, 0.05) is 19.1 Å². The van der Waals surface area contributed by atoms with Crippen LogP contribution in [0.15, 0.2) is 24.4 Å². The average Bonchev–Trinajstić information content (AvgIpc) is 2.95. The number of halogens is 2. The second-order valence-electron chi connectivity index (χ2n) is 6.12. The summed E-state index contributed by atoms with van der Waals surface area (Å²) in [4.78, 5) is 14.4. The monoisotopic (exact) mass is 368 g/mol. The van der Waals surface area contributed by atoms with Gasteiger partial charge in [-0.25, -0.2) is 9.07 Å². The van der Waals surface area contributed by atoms with Crippen molar-refractivity contribution in [3.8, 4) is 11.4 Å². The van der Waals surface area contributed by atoms with E-state index in [0.29, 0.717) is 24.3 Å². The Balaban J connectivity index is 0.00000225. The maximum atomic E-state index is 13.2. The van der Waals surface area contributed by atoms with E-state index in [1.54, 1.807) is 17.9 Å². The first kappa shape index (κ1) is 19.2. The number of benzene rings is 1. The fourth-order valence-electron chi connectivity index (χ4n) is 3.17. The van der Waals surface area contributed by atoms with Gasteiger partial charge in [-0.3, -0.25) is 4.79 Å². The van der Waals surface area contributed by atoms with Crippen molar-refractivity contribution in [2.75, 3.05) is 13.1 Å². The zero-order valence-corrected chi connectivity index (χ0v) is 14.8. The molecule has 0 aliphatic carbocycles. The smallest absolute Gasteiger partial charge is 0.278 e. The van der Waals surface area contributed by atoms with Gasteiger partial charge < -0.3 is 15.7 Å². The number of carbonyl (C=O) groups is 1. The van der Waals surface area contributed by atoms with Crippen LogP contribution in [0.3, 0.4) is 0 Å². The highest BCUT2D eigenvalue weighted by Crippen LogP contribution is 2.25. The second kappa shape index (κ2) is 7.84. The zero-order chi connectivity index (χ0) is 17.3. The molecule has 0 saturated carbocycles. The molecule has 1 unspecified atom stereocenters. The summed E-state index contributed by atoms with van der Waals surface area (Å²) in [6.07, 6.45) is 4.19. The van der Waals surface area contributed by atoms with Crippen molar-refractivity contribution in [3.05, 3.63) is 41.5 Å². The van der Waals surface area contributed by atoms with Crippen molar-refractivity contribution in [2.24, 2.45) is 5.73 Å². The first-order chi connectivity index (χ1) is 11.5. The minimum atomic E-state index is -0.344. The maximum Gasteiger partial charge on any atom is 0.278 e. The normalized spacial score (nSPS) is 17.2. The van der Waals surface area contributed by atoms with Gasteiger partial charge in [-0.2, -0.15) is 5.10 Å². The standard InChI is InChI=1S/C17H21FN4O2.ClH/c1-11-8-12(18)5-6-14(11)22-10-15(23)16(20-22)17(24)21-7-3-2-4-13(21)9-19;/h5-6,8,10,13,23H,2-4,7,9,19H2,1H3;1H. The van der Waals surface area contributed by atoms with Gasteiger partial charge >= 0.3 is 0 Å². The van der Waals surface area contributed by atoms with Gasteiger partial charge in [0.1, 0.15) is 5.82 Å². The van der Waals surface area contributed by atoms with Gasteiger partial charge in [-0.15, -0.1) is 12.4 Å². The van der Waals surface area contributed by atoms with Crippen LogP contribution in [-0.4, -0.2) is 44.8 Å². The van der Waals surface area contributed by atoms with Crippen LogP contribution in [0.25, 0.3) is 5.69 Å². The number of nitrogens with two attached hydrogens (primary N) is 1. The van der Waals surface area contributed by atoms with Crippen LogP contribution >= 0.6 is 12.4 Å². The van der Waals surface area contributed by atoms with E-state index in [4.69, 9.17) is 5.73 Å². The van der Waals surface area contributed by atoms with E-state index >= 15 is 0 Å². The zero-order valence-electron chi connectivity index (χ0n) is 14.0. The minimum absolute atomic E-state index is 0. The number of aromatic nitrogens is 2. The van der Waals surface area contributed by atoms with Gasteiger partial charge in [0.25, 0.3) is 5.91 Å². The van der Waals surface area contributed by atoms with Crippen molar-refractivity contribution >= 4 is 18.3 Å². The van der Waals surface area contributed by atoms with E-state index in [0.717, 1.165) is 19.3 Å². The molecule has 136 valence electrons. The first-order valence-corrected chi connectivity index (χ1v) is 8.07. The largest absolute Gasteiger partial charge is 0.504 e. The van der Waals surface area contributed by atoms with Crippen molar-refractivity contribution in [1.29, 1.82) is 0 Å². The highest BCUT2D eigenvalue weighted by molar-refractivity contribution is 5.95. The fourth-order valence-corrected chi connectivity index (χ4v) is 3.17. The van der Waals surface area contributed by atoms with Crippen LogP contribution < -0.4 is 5.73 Å². The number of aromatic hydroxyl groups is 1. The summed E-state index contributed by atoms with van der Waals surface area (Å²) >= 11 is 0. The van der Waals surface area contributed by atoms with Crippen LogP contribution in [0.5, 0.6) is 5.75 Å². The Morgan fingerprint density at radius 2 is 2.20 bits per heavy atom. The van der Waals surface area contributed by atoms with Crippen LogP contribution in [0, 0.1) is 12.7 Å². The Hall–Kier alpha value is -2.12. The van der Waals surface area contributed by atoms with Crippen molar-refractivity contribution in [3.63, 3.8) is 0 Å². The fraction of sp³-hybridized carbons (Fsp3) is 0.412. The van der Waals surface area contributed by atoms with Gasteiger partial charge in [0.05, 0.1) is 11.9 Å². The maximum absolute atomic E-state index is 13.2. The molecular weight excluding hydrogens is 347 g/mol. The lowest BCUT2D eigenvalue weighted by atomic mass is 10.0. The summed E-state index contributed by atoms with van der Waals surface area (Å²) < 4.78 is 14.7. The minimum Gasteiger partial charge on any atom is -0.504 e. The number of piperidine rings is 1. The predicted octanol–water partition coefficient (Wildman–Crippen LogP) is 2.40. The van der Waals surface area contributed by atoms with E-state index in [1.165, 1.54) is 23.0 Å². The molecule has 0 bridgehead atoms. The quantitative estimate of drug-likeness (QED) is 0.871. The highest BCUT2D eigenvalue weighted by atomic mass is 35.5. The Kier molecular flexibility index (Phi) is 6.02. The van der Waals surface area contributed by atoms with Gasteiger partial charge in [0.2, 0.25) is 0 Å². The summed E-state index contributed by atoms with van der Waals surface area (Å²) in [5.74, 6) is -0.853. The highest BCUT2D eigenvalue weighted by Gasteiger charge is 2.30. The number of aryl methyl sites for hydroxylation is 1. The number of nitrogens with zero attached hydrogens (tertiary/aromatic N) is 3. The van der Waals surface area contributed by atoms with E-state index in [9.17, 15) is 14.3 Å². The molecule has 1 atom stereocenters. The van der Waals surface area contributed by atoms with E-state index < -0.39 is 0 Å². The molecule has 1 aromatic heterocycles. The molecule has 25 heavy (non-hydrogen) atoms.